The average molecular weight is 291 g/mol. The number of benzene rings is 1. The van der Waals surface area contributed by atoms with Crippen molar-refractivity contribution in [3.05, 3.63) is 36.0 Å². The number of anilines is 1. The number of methoxy groups -OCH3 is 2. The minimum absolute atomic E-state index is 0.0183. The standard InChI is InChI=1S/C14H17N3O4/c1-19-11-4-3-10(7-12(11)20-2)9-21-14(18)8-17-6-5-13(15)16-17/h3-7H,8-9H2,1-2H3,(H2,15,16). The van der Waals surface area contributed by atoms with Crippen LogP contribution in [-0.2, 0) is 22.7 Å². The number of hydrogen-bond donors (Lipinski definition) is 1. The summed E-state index contributed by atoms with van der Waals surface area (Å²) in [5.41, 5.74) is 6.28. The van der Waals surface area contributed by atoms with Crippen molar-refractivity contribution in [3.8, 4) is 11.5 Å². The lowest BCUT2D eigenvalue weighted by Crippen LogP contribution is -2.14. The van der Waals surface area contributed by atoms with E-state index in [1.807, 2.05) is 0 Å². The van der Waals surface area contributed by atoms with Gasteiger partial charge >= 0.3 is 5.97 Å². The predicted octanol–water partition coefficient (Wildman–Crippen LogP) is 1.23. The lowest BCUT2D eigenvalue weighted by molar-refractivity contribution is -0.145. The third-order valence-corrected chi connectivity index (χ3v) is 2.80. The highest BCUT2D eigenvalue weighted by molar-refractivity contribution is 5.69. The second-order valence-electron chi connectivity index (χ2n) is 4.29. The molecule has 0 saturated heterocycles. The van der Waals surface area contributed by atoms with Gasteiger partial charge in [0.05, 0.1) is 14.2 Å². The molecule has 0 aliphatic carbocycles. The van der Waals surface area contributed by atoms with Crippen molar-refractivity contribution in [2.24, 2.45) is 0 Å². The van der Waals surface area contributed by atoms with Crippen LogP contribution in [0.15, 0.2) is 30.5 Å². The van der Waals surface area contributed by atoms with Crippen LogP contribution in [0.3, 0.4) is 0 Å². The van der Waals surface area contributed by atoms with Crippen LogP contribution in [0.25, 0.3) is 0 Å². The maximum absolute atomic E-state index is 11.7. The molecule has 0 radical (unpaired) electrons. The van der Waals surface area contributed by atoms with Crippen molar-refractivity contribution in [2.75, 3.05) is 20.0 Å². The number of aromatic nitrogens is 2. The first-order chi connectivity index (χ1) is 10.1. The Labute approximate surface area is 122 Å². The molecule has 7 heteroatoms. The number of nitrogen functional groups attached to an aromatic ring is 1. The molecule has 21 heavy (non-hydrogen) atoms. The molecule has 0 unspecified atom stereocenters. The van der Waals surface area contributed by atoms with Crippen LogP contribution in [0.4, 0.5) is 5.82 Å². The summed E-state index contributed by atoms with van der Waals surface area (Å²) in [4.78, 5) is 11.7. The second-order valence-corrected chi connectivity index (χ2v) is 4.29. The van der Waals surface area contributed by atoms with Crippen LogP contribution in [0.1, 0.15) is 5.56 Å². The number of rotatable bonds is 6. The van der Waals surface area contributed by atoms with E-state index in [0.29, 0.717) is 17.3 Å². The van der Waals surface area contributed by atoms with E-state index < -0.39 is 5.97 Å². The molecule has 0 bridgehead atoms. The Balaban J connectivity index is 1.91. The molecule has 112 valence electrons. The van der Waals surface area contributed by atoms with Gasteiger partial charge in [-0.05, 0) is 23.8 Å². The zero-order valence-electron chi connectivity index (χ0n) is 11.9. The molecule has 0 fully saturated rings. The molecule has 0 saturated carbocycles. The molecule has 2 N–H and O–H groups in total. The number of esters is 1. The largest absolute Gasteiger partial charge is 0.493 e. The highest BCUT2D eigenvalue weighted by Crippen LogP contribution is 2.27. The summed E-state index contributed by atoms with van der Waals surface area (Å²) in [6.45, 7) is 0.167. The number of hydrogen-bond acceptors (Lipinski definition) is 6. The summed E-state index contributed by atoms with van der Waals surface area (Å²) in [6, 6.07) is 6.94. The summed E-state index contributed by atoms with van der Waals surface area (Å²) in [6.07, 6.45) is 1.62. The fraction of sp³-hybridized carbons (Fsp3) is 0.286. The maximum Gasteiger partial charge on any atom is 0.328 e. The first kappa shape index (κ1) is 14.7. The third-order valence-electron chi connectivity index (χ3n) is 2.80. The van der Waals surface area contributed by atoms with Crippen molar-refractivity contribution >= 4 is 11.8 Å². The molecule has 1 aromatic carbocycles. The van der Waals surface area contributed by atoms with Crippen molar-refractivity contribution in [3.63, 3.8) is 0 Å². The van der Waals surface area contributed by atoms with Crippen molar-refractivity contribution in [1.29, 1.82) is 0 Å². The van der Waals surface area contributed by atoms with E-state index in [-0.39, 0.29) is 13.2 Å². The first-order valence-corrected chi connectivity index (χ1v) is 6.28. The molecule has 0 amide bonds. The van der Waals surface area contributed by atoms with Gasteiger partial charge in [0.1, 0.15) is 19.0 Å². The van der Waals surface area contributed by atoms with Crippen molar-refractivity contribution < 1.29 is 19.0 Å². The number of nitrogens with two attached hydrogens (primary N) is 1. The molecular formula is C14H17N3O4. The topological polar surface area (TPSA) is 88.6 Å². The highest BCUT2D eigenvalue weighted by atomic mass is 16.5. The Morgan fingerprint density at radius 1 is 1.24 bits per heavy atom. The van der Waals surface area contributed by atoms with Gasteiger partial charge in [0.2, 0.25) is 0 Å². The van der Waals surface area contributed by atoms with E-state index in [0.717, 1.165) is 5.56 Å². The Kier molecular flexibility index (Phi) is 4.65. The lowest BCUT2D eigenvalue weighted by Gasteiger charge is -2.10. The van der Waals surface area contributed by atoms with Gasteiger partial charge < -0.3 is 19.9 Å². The van der Waals surface area contributed by atoms with Crippen LogP contribution in [0, 0.1) is 0 Å². The fourth-order valence-electron chi connectivity index (χ4n) is 1.78. The van der Waals surface area contributed by atoms with E-state index in [4.69, 9.17) is 19.9 Å². The second kappa shape index (κ2) is 6.65. The Morgan fingerprint density at radius 3 is 2.62 bits per heavy atom. The van der Waals surface area contributed by atoms with Gasteiger partial charge in [0, 0.05) is 6.20 Å². The van der Waals surface area contributed by atoms with E-state index >= 15 is 0 Å². The summed E-state index contributed by atoms with van der Waals surface area (Å²) in [7, 11) is 3.11. The fourth-order valence-corrected chi connectivity index (χ4v) is 1.78. The van der Waals surface area contributed by atoms with Gasteiger partial charge in [-0.2, -0.15) is 5.10 Å². The highest BCUT2D eigenvalue weighted by Gasteiger charge is 2.08. The molecule has 0 spiro atoms. The van der Waals surface area contributed by atoms with Crippen LogP contribution in [0.2, 0.25) is 0 Å². The summed E-state index contributed by atoms with van der Waals surface area (Å²) in [5.74, 6) is 1.18. The molecule has 0 atom stereocenters. The number of carbonyl (C=O) groups is 1. The monoisotopic (exact) mass is 291 g/mol. The molecular weight excluding hydrogens is 274 g/mol. The molecule has 1 heterocycles. The first-order valence-electron chi connectivity index (χ1n) is 6.28. The molecule has 1 aromatic heterocycles. The summed E-state index contributed by atoms with van der Waals surface area (Å²) < 4.78 is 16.9. The zero-order valence-corrected chi connectivity index (χ0v) is 11.9. The number of nitrogens with zero attached hydrogens (tertiary/aromatic N) is 2. The van der Waals surface area contributed by atoms with Gasteiger partial charge in [-0.1, -0.05) is 6.07 Å². The zero-order chi connectivity index (χ0) is 15.2. The van der Waals surface area contributed by atoms with E-state index in [2.05, 4.69) is 5.10 Å². The summed E-state index contributed by atoms with van der Waals surface area (Å²) >= 11 is 0. The molecule has 0 aliphatic rings. The predicted molar refractivity (Wildman–Crippen MR) is 76.0 cm³/mol. The van der Waals surface area contributed by atoms with Gasteiger partial charge in [-0.25, -0.2) is 0 Å². The van der Waals surface area contributed by atoms with E-state index in [1.165, 1.54) is 4.68 Å². The summed E-state index contributed by atoms with van der Waals surface area (Å²) in [5, 5.41) is 3.91. The number of carbonyl (C=O) groups excluding carboxylic acids is 1. The van der Waals surface area contributed by atoms with Gasteiger partial charge in [0.15, 0.2) is 11.5 Å². The van der Waals surface area contributed by atoms with Crippen LogP contribution < -0.4 is 15.2 Å². The Morgan fingerprint density at radius 2 is 2.00 bits per heavy atom. The maximum atomic E-state index is 11.7. The Bertz CT molecular complexity index is 624. The van der Waals surface area contributed by atoms with Gasteiger partial charge in [0.25, 0.3) is 0 Å². The quantitative estimate of drug-likeness (QED) is 0.805. The van der Waals surface area contributed by atoms with Crippen LogP contribution >= 0.6 is 0 Å². The lowest BCUT2D eigenvalue weighted by atomic mass is 10.2. The molecule has 7 nitrogen and oxygen atoms in total. The van der Waals surface area contributed by atoms with Crippen LogP contribution in [-0.4, -0.2) is 30.0 Å². The Hall–Kier alpha value is -2.70. The average Bonchev–Trinajstić information content (AvgIpc) is 2.89. The van der Waals surface area contributed by atoms with Gasteiger partial charge in [-0.3, -0.25) is 9.48 Å². The van der Waals surface area contributed by atoms with E-state index in [1.54, 1.807) is 44.7 Å². The molecule has 2 rings (SSSR count). The van der Waals surface area contributed by atoms with Gasteiger partial charge in [-0.15, -0.1) is 0 Å². The van der Waals surface area contributed by atoms with Crippen molar-refractivity contribution in [1.82, 2.24) is 9.78 Å². The smallest absolute Gasteiger partial charge is 0.328 e. The van der Waals surface area contributed by atoms with Crippen molar-refractivity contribution in [2.45, 2.75) is 13.2 Å². The molecule has 2 aromatic rings. The number of ether oxygens (including phenoxy) is 3. The minimum Gasteiger partial charge on any atom is -0.493 e. The normalized spacial score (nSPS) is 10.2. The van der Waals surface area contributed by atoms with E-state index in [9.17, 15) is 4.79 Å². The molecule has 0 aliphatic heterocycles. The third kappa shape index (κ3) is 3.88. The SMILES string of the molecule is COc1ccc(COC(=O)Cn2ccc(N)n2)cc1OC. The van der Waals surface area contributed by atoms with Crippen LogP contribution in [0.5, 0.6) is 11.5 Å². The minimum atomic E-state index is -0.395.